The van der Waals surface area contributed by atoms with E-state index in [1.807, 2.05) is 0 Å². The molecule has 1 aromatic carbocycles. The molecule has 2 rings (SSSR count). The Morgan fingerprint density at radius 3 is 2.62 bits per heavy atom. The molecule has 21 heavy (non-hydrogen) atoms. The highest BCUT2D eigenvalue weighted by Gasteiger charge is 2.62. The first-order valence-electron chi connectivity index (χ1n) is 5.69. The van der Waals surface area contributed by atoms with Gasteiger partial charge in [-0.25, -0.2) is 0 Å². The molecule has 9 heteroatoms. The first-order valence-corrected chi connectivity index (χ1v) is 6.44. The van der Waals surface area contributed by atoms with Crippen molar-refractivity contribution in [1.29, 1.82) is 0 Å². The summed E-state index contributed by atoms with van der Waals surface area (Å²) in [5.74, 6) is -1.18. The maximum atomic E-state index is 13.0. The number of rotatable bonds is 1. The fraction of sp³-hybridized carbons (Fsp3) is 0.333. The van der Waals surface area contributed by atoms with Gasteiger partial charge >= 0.3 is 6.18 Å². The van der Waals surface area contributed by atoms with E-state index in [9.17, 15) is 23.1 Å². The van der Waals surface area contributed by atoms with Gasteiger partial charge in [0.1, 0.15) is 0 Å². The van der Waals surface area contributed by atoms with Crippen LogP contribution in [0.4, 0.5) is 13.2 Å². The second-order valence-electron chi connectivity index (χ2n) is 4.57. The van der Waals surface area contributed by atoms with Gasteiger partial charge in [0.2, 0.25) is 0 Å². The van der Waals surface area contributed by atoms with Crippen LogP contribution >= 0.6 is 23.2 Å². The number of hydrazone groups is 1. The van der Waals surface area contributed by atoms with Crippen LogP contribution in [0, 0.1) is 0 Å². The van der Waals surface area contributed by atoms with Gasteiger partial charge in [0.05, 0.1) is 10.6 Å². The van der Waals surface area contributed by atoms with Gasteiger partial charge < -0.3 is 5.11 Å². The summed E-state index contributed by atoms with van der Waals surface area (Å²) in [6, 6.07) is 3.78. The largest absolute Gasteiger partial charge is 0.438 e. The van der Waals surface area contributed by atoms with Gasteiger partial charge in [-0.3, -0.25) is 4.79 Å². The predicted molar refractivity (Wildman–Crippen MR) is 71.4 cm³/mol. The third-order valence-corrected chi connectivity index (χ3v) is 3.49. The zero-order valence-electron chi connectivity index (χ0n) is 10.6. The summed E-state index contributed by atoms with van der Waals surface area (Å²) in [7, 11) is 0. The molecule has 0 aliphatic carbocycles. The minimum Gasteiger partial charge on any atom is -0.362 e. The second kappa shape index (κ2) is 5.15. The summed E-state index contributed by atoms with van der Waals surface area (Å²) in [5.41, 5.74) is -3.69. The molecule has 4 nitrogen and oxygen atoms in total. The molecule has 0 spiro atoms. The van der Waals surface area contributed by atoms with E-state index in [-0.39, 0.29) is 26.3 Å². The number of carbonyl (C=O) groups is 1. The van der Waals surface area contributed by atoms with Gasteiger partial charge in [0, 0.05) is 17.2 Å². The average molecular weight is 341 g/mol. The number of nitrogens with zero attached hydrogens (tertiary/aromatic N) is 2. The van der Waals surface area contributed by atoms with Crippen molar-refractivity contribution in [2.24, 2.45) is 5.10 Å². The molecule has 1 N–H and O–H groups in total. The third kappa shape index (κ3) is 2.73. The average Bonchev–Trinajstić information content (AvgIpc) is 2.67. The van der Waals surface area contributed by atoms with Crippen LogP contribution in [0.15, 0.2) is 23.3 Å². The zero-order valence-corrected chi connectivity index (χ0v) is 12.1. The summed E-state index contributed by atoms with van der Waals surface area (Å²) in [6.07, 6.45) is -5.88. The lowest BCUT2D eigenvalue weighted by molar-refractivity contribution is -0.297. The summed E-state index contributed by atoms with van der Waals surface area (Å²) in [4.78, 5) is 12.2. The molecule has 1 heterocycles. The number of hydrogen-bond acceptors (Lipinski definition) is 3. The van der Waals surface area contributed by atoms with Crippen molar-refractivity contribution in [3.8, 4) is 0 Å². The van der Waals surface area contributed by atoms with Crippen LogP contribution in [-0.2, 0) is 0 Å². The van der Waals surface area contributed by atoms with Crippen LogP contribution < -0.4 is 0 Å². The lowest BCUT2D eigenvalue weighted by Crippen LogP contribution is -2.56. The maximum Gasteiger partial charge on any atom is 0.438 e. The molecule has 1 aromatic rings. The number of carbonyl (C=O) groups excluding carboxylic acids is 1. The van der Waals surface area contributed by atoms with Gasteiger partial charge in [-0.15, -0.1) is 0 Å². The first-order chi connectivity index (χ1) is 9.56. The summed E-state index contributed by atoms with van der Waals surface area (Å²) in [5, 5.41) is 13.4. The van der Waals surface area contributed by atoms with E-state index in [0.29, 0.717) is 0 Å². The van der Waals surface area contributed by atoms with Gasteiger partial charge in [0.25, 0.3) is 11.6 Å². The van der Waals surface area contributed by atoms with Crippen molar-refractivity contribution in [1.82, 2.24) is 5.01 Å². The molecular weight excluding hydrogens is 332 g/mol. The van der Waals surface area contributed by atoms with Crippen molar-refractivity contribution in [2.75, 3.05) is 0 Å². The summed E-state index contributed by atoms with van der Waals surface area (Å²) >= 11 is 11.5. The highest BCUT2D eigenvalue weighted by atomic mass is 35.5. The minimum absolute atomic E-state index is 0.000123. The topological polar surface area (TPSA) is 52.9 Å². The number of aliphatic hydroxyl groups is 1. The number of halogens is 5. The van der Waals surface area contributed by atoms with Crippen molar-refractivity contribution in [3.05, 3.63) is 33.8 Å². The molecule has 0 saturated heterocycles. The van der Waals surface area contributed by atoms with Crippen molar-refractivity contribution in [2.45, 2.75) is 25.2 Å². The molecule has 114 valence electrons. The lowest BCUT2D eigenvalue weighted by atomic mass is 10.1. The first kappa shape index (κ1) is 16.1. The van der Waals surface area contributed by atoms with E-state index >= 15 is 0 Å². The van der Waals surface area contributed by atoms with E-state index in [1.165, 1.54) is 19.1 Å². The van der Waals surface area contributed by atoms with Gasteiger partial charge in [-0.05, 0) is 25.1 Å². The van der Waals surface area contributed by atoms with Crippen molar-refractivity contribution >= 4 is 34.8 Å². The highest BCUT2D eigenvalue weighted by Crippen LogP contribution is 2.41. The Hall–Kier alpha value is -1.31. The molecule has 1 amide bonds. The lowest BCUT2D eigenvalue weighted by Gasteiger charge is -2.32. The summed E-state index contributed by atoms with van der Waals surface area (Å²) in [6.45, 7) is 1.28. The molecule has 0 fully saturated rings. The van der Waals surface area contributed by atoms with Crippen LogP contribution in [-0.4, -0.2) is 33.6 Å². The Balaban J connectivity index is 2.48. The predicted octanol–water partition coefficient (Wildman–Crippen LogP) is 3.47. The molecule has 0 radical (unpaired) electrons. The minimum atomic E-state index is -5.06. The normalized spacial score (nSPS) is 22.4. The van der Waals surface area contributed by atoms with E-state index in [2.05, 4.69) is 5.10 Å². The third-order valence-electron chi connectivity index (χ3n) is 2.93. The van der Waals surface area contributed by atoms with Crippen molar-refractivity contribution < 1.29 is 23.1 Å². The SMILES string of the molecule is CC1=NN(C(=O)c2cc(Cl)ccc2Cl)[C@@](O)(C(F)(F)F)C1. The van der Waals surface area contributed by atoms with E-state index in [4.69, 9.17) is 23.2 Å². The van der Waals surface area contributed by atoms with Gasteiger partial charge in [-0.1, -0.05) is 23.2 Å². The van der Waals surface area contributed by atoms with E-state index in [0.717, 1.165) is 6.07 Å². The Kier molecular flexibility index (Phi) is 3.94. The Bertz CT molecular complexity index is 633. The Labute approximate surface area is 127 Å². The molecule has 1 aliphatic heterocycles. The second-order valence-corrected chi connectivity index (χ2v) is 5.41. The van der Waals surface area contributed by atoms with Crippen molar-refractivity contribution in [3.63, 3.8) is 0 Å². The van der Waals surface area contributed by atoms with Gasteiger partial charge in [-0.2, -0.15) is 23.3 Å². The van der Waals surface area contributed by atoms with E-state index < -0.39 is 24.2 Å². The summed E-state index contributed by atoms with van der Waals surface area (Å²) < 4.78 is 39.1. The molecule has 0 saturated carbocycles. The van der Waals surface area contributed by atoms with E-state index in [1.54, 1.807) is 0 Å². The molecule has 0 aromatic heterocycles. The highest BCUT2D eigenvalue weighted by molar-refractivity contribution is 6.35. The maximum absolute atomic E-state index is 13.0. The Morgan fingerprint density at radius 2 is 2.05 bits per heavy atom. The number of benzene rings is 1. The number of amides is 1. The molecule has 0 unspecified atom stereocenters. The smallest absolute Gasteiger partial charge is 0.362 e. The standard InChI is InChI=1S/C12H9Cl2F3N2O2/c1-6-5-11(21,12(15,16)17)19(18-6)10(20)8-4-7(13)2-3-9(8)14/h2-4,21H,5H2,1H3/t11-/m0/s1. The quantitative estimate of drug-likeness (QED) is 0.851. The van der Waals surface area contributed by atoms with Crippen LogP contribution in [0.1, 0.15) is 23.7 Å². The molecule has 0 bridgehead atoms. The molecular formula is C12H9Cl2F3N2O2. The fourth-order valence-electron chi connectivity index (χ4n) is 1.93. The van der Waals surface area contributed by atoms with Gasteiger partial charge in [0.15, 0.2) is 0 Å². The zero-order chi connectivity index (χ0) is 16.0. The van der Waals surface area contributed by atoms with Crippen LogP contribution in [0.5, 0.6) is 0 Å². The number of hydrogen-bond donors (Lipinski definition) is 1. The van der Waals surface area contributed by atoms with Crippen LogP contribution in [0.3, 0.4) is 0 Å². The van der Waals surface area contributed by atoms with Crippen LogP contribution in [0.2, 0.25) is 10.0 Å². The van der Waals surface area contributed by atoms with Crippen LogP contribution in [0.25, 0.3) is 0 Å². The number of alkyl halides is 3. The Morgan fingerprint density at radius 1 is 1.43 bits per heavy atom. The fourth-order valence-corrected chi connectivity index (χ4v) is 2.30. The molecule has 1 atom stereocenters. The monoisotopic (exact) mass is 340 g/mol. The molecule has 1 aliphatic rings.